The van der Waals surface area contributed by atoms with Crippen LogP contribution in [0.15, 0.2) is 51.1 Å². The zero-order chi connectivity index (χ0) is 16.4. The molecule has 0 atom stereocenters. The molecule has 2 aromatic heterocycles. The minimum atomic E-state index is -3.62. The molecule has 0 aliphatic heterocycles. The van der Waals surface area contributed by atoms with E-state index in [9.17, 15) is 8.42 Å². The van der Waals surface area contributed by atoms with E-state index in [1.54, 1.807) is 13.0 Å². The molecule has 0 spiro atoms. The van der Waals surface area contributed by atoms with Crippen molar-refractivity contribution in [1.82, 2.24) is 9.71 Å². The Morgan fingerprint density at radius 2 is 1.96 bits per heavy atom. The van der Waals surface area contributed by atoms with E-state index in [-0.39, 0.29) is 10.8 Å². The smallest absolute Gasteiger partial charge is 0.250 e. The van der Waals surface area contributed by atoms with Gasteiger partial charge in [-0.25, -0.2) is 18.1 Å². The van der Waals surface area contributed by atoms with Crippen molar-refractivity contribution in [2.45, 2.75) is 17.7 Å². The number of oxazole rings is 1. The molecule has 0 aliphatic rings. The third kappa shape index (κ3) is 3.64. The van der Waals surface area contributed by atoms with Gasteiger partial charge < -0.3 is 4.42 Å². The number of nitrogens with one attached hydrogen (secondary N) is 1. The highest BCUT2D eigenvalue weighted by Crippen LogP contribution is 2.26. The molecular formula is C15H13ClN2O3S2. The topological polar surface area (TPSA) is 72.2 Å². The Bertz CT molecular complexity index is 917. The van der Waals surface area contributed by atoms with Gasteiger partial charge in [0.1, 0.15) is 15.7 Å². The number of nitrogens with zero attached hydrogens (tertiary/aromatic N) is 1. The monoisotopic (exact) mass is 368 g/mol. The number of aromatic nitrogens is 1. The van der Waals surface area contributed by atoms with Crippen LogP contribution < -0.4 is 4.72 Å². The van der Waals surface area contributed by atoms with Crippen molar-refractivity contribution in [3.63, 3.8) is 0 Å². The predicted molar refractivity (Wildman–Crippen MR) is 90.0 cm³/mol. The molecule has 120 valence electrons. The number of thiophene rings is 1. The number of aryl methyl sites for hydroxylation is 1. The van der Waals surface area contributed by atoms with Crippen LogP contribution in [0.3, 0.4) is 0 Å². The fourth-order valence-electron chi connectivity index (χ4n) is 2.06. The van der Waals surface area contributed by atoms with Crippen LogP contribution in [0, 0.1) is 6.92 Å². The average molecular weight is 369 g/mol. The Hall–Kier alpha value is -1.67. The lowest BCUT2D eigenvalue weighted by Gasteiger charge is -2.01. The SMILES string of the molecule is Cc1oc(CNS(=O)(=O)c2ccc(Cl)s2)nc1-c1ccccc1. The van der Waals surface area contributed by atoms with Crippen molar-refractivity contribution in [2.75, 3.05) is 0 Å². The average Bonchev–Trinajstić information content (AvgIpc) is 3.13. The molecule has 0 saturated heterocycles. The molecule has 0 fully saturated rings. The molecule has 0 aliphatic carbocycles. The van der Waals surface area contributed by atoms with Crippen molar-refractivity contribution in [2.24, 2.45) is 0 Å². The van der Waals surface area contributed by atoms with Gasteiger partial charge in [0.05, 0.1) is 10.9 Å². The second-order valence-corrected chi connectivity index (χ2v) is 8.47. The maximum absolute atomic E-state index is 12.2. The fourth-order valence-corrected chi connectivity index (χ4v) is 4.56. The first-order valence-corrected chi connectivity index (χ1v) is 9.40. The zero-order valence-electron chi connectivity index (χ0n) is 12.1. The van der Waals surface area contributed by atoms with Crippen molar-refractivity contribution in [1.29, 1.82) is 0 Å². The molecule has 1 N–H and O–H groups in total. The maximum Gasteiger partial charge on any atom is 0.250 e. The molecule has 8 heteroatoms. The fraction of sp³-hybridized carbons (Fsp3) is 0.133. The lowest BCUT2D eigenvalue weighted by Crippen LogP contribution is -2.22. The quantitative estimate of drug-likeness (QED) is 0.742. The van der Waals surface area contributed by atoms with Crippen LogP contribution >= 0.6 is 22.9 Å². The molecule has 0 amide bonds. The van der Waals surface area contributed by atoms with Crippen LogP contribution in [0.2, 0.25) is 4.34 Å². The normalized spacial score (nSPS) is 11.7. The van der Waals surface area contributed by atoms with Crippen LogP contribution in [0.1, 0.15) is 11.7 Å². The molecule has 3 aromatic rings. The summed E-state index contributed by atoms with van der Waals surface area (Å²) < 4.78 is 32.9. The number of benzene rings is 1. The standard InChI is InChI=1S/C15H13ClN2O3S2/c1-10-15(11-5-3-2-4-6-11)18-13(21-10)9-17-23(19,20)14-8-7-12(16)22-14/h2-8,17H,9H2,1H3. The van der Waals surface area contributed by atoms with Gasteiger partial charge in [-0.05, 0) is 19.1 Å². The second-order valence-electron chi connectivity index (χ2n) is 4.76. The summed E-state index contributed by atoms with van der Waals surface area (Å²) in [5.41, 5.74) is 1.63. The molecule has 23 heavy (non-hydrogen) atoms. The lowest BCUT2D eigenvalue weighted by molar-refractivity contribution is 0.464. The van der Waals surface area contributed by atoms with Gasteiger partial charge in [0.25, 0.3) is 10.0 Å². The minimum absolute atomic E-state index is 0.0223. The first kappa shape index (κ1) is 16.2. The Balaban J connectivity index is 1.77. The largest absolute Gasteiger partial charge is 0.444 e. The lowest BCUT2D eigenvalue weighted by atomic mass is 10.1. The number of halogens is 1. The Morgan fingerprint density at radius 1 is 1.22 bits per heavy atom. The summed E-state index contributed by atoms with van der Waals surface area (Å²) in [5, 5.41) is 0. The first-order chi connectivity index (χ1) is 11.0. The summed E-state index contributed by atoms with van der Waals surface area (Å²) in [4.78, 5) is 4.37. The van der Waals surface area contributed by atoms with E-state index in [4.69, 9.17) is 16.0 Å². The predicted octanol–water partition coefficient (Wildman–Crippen LogP) is 3.84. The summed E-state index contributed by atoms with van der Waals surface area (Å²) in [5.74, 6) is 0.956. The molecule has 0 unspecified atom stereocenters. The van der Waals surface area contributed by atoms with Gasteiger partial charge in [0.2, 0.25) is 5.89 Å². The molecule has 0 radical (unpaired) electrons. The first-order valence-electron chi connectivity index (χ1n) is 6.72. The van der Waals surface area contributed by atoms with Gasteiger partial charge in [0.15, 0.2) is 0 Å². The van der Waals surface area contributed by atoms with Gasteiger partial charge in [-0.1, -0.05) is 41.9 Å². The summed E-state index contributed by atoms with van der Waals surface area (Å²) in [7, 11) is -3.62. The van der Waals surface area contributed by atoms with E-state index in [0.29, 0.717) is 21.7 Å². The van der Waals surface area contributed by atoms with E-state index in [1.807, 2.05) is 30.3 Å². The van der Waals surface area contributed by atoms with E-state index in [2.05, 4.69) is 9.71 Å². The third-order valence-corrected chi connectivity index (χ3v) is 6.24. The number of rotatable bonds is 5. The molecular weight excluding hydrogens is 356 g/mol. The minimum Gasteiger partial charge on any atom is -0.444 e. The third-order valence-electron chi connectivity index (χ3n) is 3.11. The highest BCUT2D eigenvalue weighted by molar-refractivity contribution is 7.91. The number of hydrogen-bond donors (Lipinski definition) is 1. The number of hydrogen-bond acceptors (Lipinski definition) is 5. The maximum atomic E-state index is 12.2. The van der Waals surface area contributed by atoms with Gasteiger partial charge in [0, 0.05) is 5.56 Å². The zero-order valence-corrected chi connectivity index (χ0v) is 14.5. The number of sulfonamides is 1. The Labute approximate surface area is 143 Å². The molecule has 5 nitrogen and oxygen atoms in total. The summed E-state index contributed by atoms with van der Waals surface area (Å²) in [6.45, 7) is 1.78. The van der Waals surface area contributed by atoms with Gasteiger partial charge in [-0.3, -0.25) is 0 Å². The van der Waals surface area contributed by atoms with Gasteiger partial charge in [-0.15, -0.1) is 11.3 Å². The highest BCUT2D eigenvalue weighted by atomic mass is 35.5. The van der Waals surface area contributed by atoms with Crippen LogP contribution in [-0.2, 0) is 16.6 Å². The van der Waals surface area contributed by atoms with Crippen LogP contribution in [-0.4, -0.2) is 13.4 Å². The summed E-state index contributed by atoms with van der Waals surface area (Å²) in [6, 6.07) is 12.6. The van der Waals surface area contributed by atoms with Crippen LogP contribution in [0.4, 0.5) is 0 Å². The van der Waals surface area contributed by atoms with E-state index in [1.165, 1.54) is 6.07 Å². The van der Waals surface area contributed by atoms with Crippen molar-refractivity contribution in [3.8, 4) is 11.3 Å². The summed E-state index contributed by atoms with van der Waals surface area (Å²) >= 11 is 6.77. The van der Waals surface area contributed by atoms with Crippen molar-refractivity contribution < 1.29 is 12.8 Å². The van der Waals surface area contributed by atoms with Gasteiger partial charge >= 0.3 is 0 Å². The molecule has 0 bridgehead atoms. The second kappa shape index (κ2) is 6.45. The van der Waals surface area contributed by atoms with Crippen molar-refractivity contribution in [3.05, 3.63) is 58.5 Å². The Morgan fingerprint density at radius 3 is 2.61 bits per heavy atom. The Kier molecular flexibility index (Phi) is 4.54. The van der Waals surface area contributed by atoms with E-state index in [0.717, 1.165) is 16.9 Å². The van der Waals surface area contributed by atoms with Gasteiger partial charge in [-0.2, -0.15) is 0 Å². The molecule has 2 heterocycles. The van der Waals surface area contributed by atoms with E-state index < -0.39 is 10.0 Å². The molecule has 0 saturated carbocycles. The summed E-state index contributed by atoms with van der Waals surface area (Å²) in [6.07, 6.45) is 0. The van der Waals surface area contributed by atoms with E-state index >= 15 is 0 Å². The molecule has 1 aromatic carbocycles. The van der Waals surface area contributed by atoms with Crippen molar-refractivity contribution >= 4 is 33.0 Å². The molecule has 3 rings (SSSR count). The van der Waals surface area contributed by atoms with Crippen LogP contribution in [0.5, 0.6) is 0 Å². The van der Waals surface area contributed by atoms with Crippen LogP contribution in [0.25, 0.3) is 11.3 Å². The highest BCUT2D eigenvalue weighted by Gasteiger charge is 2.18.